The van der Waals surface area contributed by atoms with Crippen LogP contribution in [0.5, 0.6) is 0 Å². The van der Waals surface area contributed by atoms with Crippen molar-refractivity contribution in [1.29, 1.82) is 0 Å². The summed E-state index contributed by atoms with van der Waals surface area (Å²) in [7, 11) is 0. The van der Waals surface area contributed by atoms with Gasteiger partial charge in [-0.3, -0.25) is 9.78 Å². The molecule has 2 aromatic carbocycles. The number of amides is 1. The third-order valence-electron chi connectivity index (χ3n) is 4.60. The van der Waals surface area contributed by atoms with Crippen molar-refractivity contribution in [2.45, 2.75) is 18.8 Å². The summed E-state index contributed by atoms with van der Waals surface area (Å²) in [6.45, 7) is -0.0136. The number of rotatable bonds is 5. The summed E-state index contributed by atoms with van der Waals surface area (Å²) < 4.78 is 77.9. The highest BCUT2D eigenvalue weighted by Gasteiger charge is 2.35. The molecule has 0 spiro atoms. The van der Waals surface area contributed by atoms with Crippen LogP contribution in [0, 0.1) is 0 Å². The van der Waals surface area contributed by atoms with Crippen LogP contribution in [0.4, 0.5) is 26.3 Å². The highest BCUT2D eigenvalue weighted by molar-refractivity contribution is 6.33. The SMILES string of the molecule is O=C(NCCc1ccccc1-c1ncc(C(F)(F)F)cc1Cl)c1ccccc1C(F)(F)F. The summed E-state index contributed by atoms with van der Waals surface area (Å²) in [6, 6.07) is 11.8. The largest absolute Gasteiger partial charge is 0.417 e. The lowest BCUT2D eigenvalue weighted by atomic mass is 10.0. The molecule has 0 saturated carbocycles. The van der Waals surface area contributed by atoms with Gasteiger partial charge in [0.05, 0.1) is 27.4 Å². The maximum absolute atomic E-state index is 13.1. The van der Waals surface area contributed by atoms with Crippen LogP contribution in [0.15, 0.2) is 60.8 Å². The van der Waals surface area contributed by atoms with E-state index >= 15 is 0 Å². The Labute approximate surface area is 184 Å². The molecular weight excluding hydrogens is 458 g/mol. The molecule has 0 atom stereocenters. The summed E-state index contributed by atoms with van der Waals surface area (Å²) in [5.74, 6) is -0.888. The molecule has 0 unspecified atom stereocenters. The van der Waals surface area contributed by atoms with E-state index in [-0.39, 0.29) is 23.7 Å². The highest BCUT2D eigenvalue weighted by Crippen LogP contribution is 2.35. The van der Waals surface area contributed by atoms with Gasteiger partial charge >= 0.3 is 12.4 Å². The Morgan fingerprint density at radius 1 is 0.938 bits per heavy atom. The lowest BCUT2D eigenvalue weighted by molar-refractivity contribution is -0.138. The number of aromatic nitrogens is 1. The van der Waals surface area contributed by atoms with E-state index in [1.54, 1.807) is 24.3 Å². The van der Waals surface area contributed by atoms with Gasteiger partial charge in [-0.2, -0.15) is 26.3 Å². The second-order valence-corrected chi connectivity index (χ2v) is 7.17. The van der Waals surface area contributed by atoms with Gasteiger partial charge in [-0.05, 0) is 30.2 Å². The van der Waals surface area contributed by atoms with Crippen molar-refractivity contribution in [2.24, 2.45) is 0 Å². The number of carbonyl (C=O) groups excluding carboxylic acids is 1. The van der Waals surface area contributed by atoms with Gasteiger partial charge in [-0.25, -0.2) is 0 Å². The molecule has 0 fully saturated rings. The zero-order chi connectivity index (χ0) is 23.5. The van der Waals surface area contributed by atoms with Crippen LogP contribution < -0.4 is 5.32 Å². The minimum atomic E-state index is -4.68. The van der Waals surface area contributed by atoms with E-state index < -0.39 is 35.0 Å². The predicted molar refractivity (Wildman–Crippen MR) is 107 cm³/mol. The monoisotopic (exact) mass is 472 g/mol. The van der Waals surface area contributed by atoms with Gasteiger partial charge < -0.3 is 5.32 Å². The molecule has 168 valence electrons. The topological polar surface area (TPSA) is 42.0 Å². The number of benzene rings is 2. The number of hydrogen-bond acceptors (Lipinski definition) is 2. The summed E-state index contributed by atoms with van der Waals surface area (Å²) in [5, 5.41) is 2.24. The lowest BCUT2D eigenvalue weighted by Crippen LogP contribution is -2.28. The van der Waals surface area contributed by atoms with Gasteiger partial charge in [0.1, 0.15) is 0 Å². The third-order valence-corrected chi connectivity index (χ3v) is 4.89. The van der Waals surface area contributed by atoms with E-state index in [0.717, 1.165) is 18.2 Å². The maximum Gasteiger partial charge on any atom is 0.417 e. The van der Waals surface area contributed by atoms with Crippen LogP contribution in [0.2, 0.25) is 5.02 Å². The first-order valence-electron chi connectivity index (χ1n) is 9.24. The van der Waals surface area contributed by atoms with Crippen molar-refractivity contribution >= 4 is 17.5 Å². The summed E-state index contributed by atoms with van der Waals surface area (Å²) in [4.78, 5) is 16.1. The van der Waals surface area contributed by atoms with Crippen LogP contribution >= 0.6 is 11.6 Å². The molecule has 32 heavy (non-hydrogen) atoms. The quantitative estimate of drug-likeness (QED) is 0.436. The molecule has 10 heteroatoms. The molecule has 3 nitrogen and oxygen atoms in total. The minimum Gasteiger partial charge on any atom is -0.352 e. The summed E-state index contributed by atoms with van der Waals surface area (Å²) in [6.07, 6.45) is -8.40. The molecular formula is C22H15ClF6N2O. The Hall–Kier alpha value is -3.07. The van der Waals surface area contributed by atoms with Crippen molar-refractivity contribution < 1.29 is 31.1 Å². The third kappa shape index (κ3) is 5.40. The van der Waals surface area contributed by atoms with E-state index in [9.17, 15) is 31.1 Å². The normalized spacial score (nSPS) is 12.0. The standard InChI is InChI=1S/C22H15ClF6N2O/c23-18-11-14(21(24,25)26)12-31-19(18)15-6-2-1-5-13(15)9-10-30-20(32)16-7-3-4-8-17(16)22(27,28)29/h1-8,11-12H,9-10H2,(H,30,32). The Balaban J connectivity index is 1.77. The summed E-state index contributed by atoms with van der Waals surface area (Å²) in [5.41, 5.74) is -1.34. The number of halogens is 7. The first kappa shape index (κ1) is 23.6. The van der Waals surface area contributed by atoms with Crippen LogP contribution in [0.3, 0.4) is 0 Å². The molecule has 0 aliphatic heterocycles. The molecule has 0 saturated heterocycles. The van der Waals surface area contributed by atoms with Crippen molar-refractivity contribution in [3.63, 3.8) is 0 Å². The number of carbonyl (C=O) groups is 1. The Kier molecular flexibility index (Phi) is 6.78. The average Bonchev–Trinajstić information content (AvgIpc) is 2.73. The van der Waals surface area contributed by atoms with Crippen molar-refractivity contribution in [1.82, 2.24) is 10.3 Å². The van der Waals surface area contributed by atoms with Gasteiger partial charge in [-0.1, -0.05) is 48.0 Å². The van der Waals surface area contributed by atoms with Gasteiger partial charge in [0.25, 0.3) is 5.91 Å². The number of pyridine rings is 1. The van der Waals surface area contributed by atoms with Crippen LogP contribution in [0.1, 0.15) is 27.0 Å². The van der Waals surface area contributed by atoms with Gasteiger partial charge in [0.2, 0.25) is 0 Å². The average molecular weight is 473 g/mol. The first-order valence-corrected chi connectivity index (χ1v) is 9.61. The van der Waals surface area contributed by atoms with Gasteiger partial charge in [0, 0.05) is 18.3 Å². The maximum atomic E-state index is 13.1. The predicted octanol–water partition coefficient (Wildman–Crippen LogP) is 6.41. The van der Waals surface area contributed by atoms with Crippen molar-refractivity contribution in [2.75, 3.05) is 6.54 Å². The Bertz CT molecular complexity index is 1130. The minimum absolute atomic E-state index is 0.0136. The molecule has 3 aromatic rings. The van der Waals surface area contributed by atoms with E-state index in [0.29, 0.717) is 17.3 Å². The van der Waals surface area contributed by atoms with E-state index in [1.165, 1.54) is 12.1 Å². The Morgan fingerprint density at radius 3 is 2.25 bits per heavy atom. The summed E-state index contributed by atoms with van der Waals surface area (Å²) >= 11 is 6.03. The molecule has 1 amide bonds. The molecule has 1 N–H and O–H groups in total. The van der Waals surface area contributed by atoms with Crippen LogP contribution in [0.25, 0.3) is 11.3 Å². The molecule has 0 bridgehead atoms. The smallest absolute Gasteiger partial charge is 0.352 e. The molecule has 1 heterocycles. The number of nitrogens with one attached hydrogen (secondary N) is 1. The molecule has 0 aliphatic carbocycles. The van der Waals surface area contributed by atoms with Crippen LogP contribution in [-0.2, 0) is 18.8 Å². The zero-order valence-electron chi connectivity index (χ0n) is 16.2. The molecule has 0 aliphatic rings. The second-order valence-electron chi connectivity index (χ2n) is 6.76. The fourth-order valence-electron chi connectivity index (χ4n) is 3.09. The molecule has 0 radical (unpaired) electrons. The molecule has 3 rings (SSSR count). The second kappa shape index (κ2) is 9.20. The van der Waals surface area contributed by atoms with Crippen molar-refractivity contribution in [3.8, 4) is 11.3 Å². The van der Waals surface area contributed by atoms with Gasteiger partial charge in [-0.15, -0.1) is 0 Å². The van der Waals surface area contributed by atoms with E-state index in [4.69, 9.17) is 11.6 Å². The number of alkyl halides is 6. The van der Waals surface area contributed by atoms with Crippen molar-refractivity contribution in [3.05, 3.63) is 88.1 Å². The lowest BCUT2D eigenvalue weighted by Gasteiger charge is -2.14. The fraction of sp³-hybridized carbons (Fsp3) is 0.182. The number of hydrogen-bond donors (Lipinski definition) is 1. The van der Waals surface area contributed by atoms with E-state index in [2.05, 4.69) is 10.3 Å². The zero-order valence-corrected chi connectivity index (χ0v) is 16.9. The first-order chi connectivity index (χ1) is 15.0. The van der Waals surface area contributed by atoms with E-state index in [1.807, 2.05) is 0 Å². The fourth-order valence-corrected chi connectivity index (χ4v) is 3.36. The Morgan fingerprint density at radius 2 is 1.59 bits per heavy atom. The number of nitrogens with zero attached hydrogens (tertiary/aromatic N) is 1. The molecule has 1 aromatic heterocycles. The highest BCUT2D eigenvalue weighted by atomic mass is 35.5. The van der Waals surface area contributed by atoms with Crippen LogP contribution in [-0.4, -0.2) is 17.4 Å². The van der Waals surface area contributed by atoms with Gasteiger partial charge in [0.15, 0.2) is 0 Å².